The second kappa shape index (κ2) is 3.72. The minimum absolute atomic E-state index is 0.0600. The number of carbonyl (C=O) groups is 1. The fourth-order valence-electron chi connectivity index (χ4n) is 4.16. The molecule has 0 bridgehead atoms. The maximum atomic E-state index is 12.2. The molecule has 2 aliphatic rings. The Balaban J connectivity index is 2.41. The van der Waals surface area contributed by atoms with Crippen LogP contribution >= 0.6 is 0 Å². The maximum Gasteiger partial charge on any atom is 0.164 e. The van der Waals surface area contributed by atoms with Crippen LogP contribution in [0, 0.1) is 16.2 Å². The Morgan fingerprint density at radius 1 is 1.21 bits per heavy atom. The van der Waals surface area contributed by atoms with Crippen LogP contribution in [0.25, 0.3) is 0 Å². The Hall–Kier alpha value is -0.630. The van der Waals surface area contributed by atoms with Gasteiger partial charge >= 0.3 is 0 Å². The zero-order valence-corrected chi connectivity index (χ0v) is 13.7. The standard InChI is InChI=1S/C17H28O2/c1-11-9-17(10-15(5,6)12(11)18)16(7,8)13(19-17)14(2,3)4/h9,13H,10H2,1-8H3/t13-,17+/m1/s1. The van der Waals surface area contributed by atoms with Gasteiger partial charge in [0.25, 0.3) is 0 Å². The molecule has 2 nitrogen and oxygen atoms in total. The van der Waals surface area contributed by atoms with E-state index >= 15 is 0 Å². The summed E-state index contributed by atoms with van der Waals surface area (Å²) in [4.78, 5) is 12.2. The fourth-order valence-corrected chi connectivity index (χ4v) is 4.16. The first-order valence-electron chi connectivity index (χ1n) is 7.26. The lowest BCUT2D eigenvalue weighted by atomic mass is 9.52. The number of Topliss-reactive ketones (excluding diaryl/α,β-unsaturated/α-hetero) is 1. The van der Waals surface area contributed by atoms with E-state index in [2.05, 4.69) is 40.7 Å². The van der Waals surface area contributed by atoms with Gasteiger partial charge in [0.2, 0.25) is 0 Å². The molecule has 1 saturated heterocycles. The Morgan fingerprint density at radius 3 is 2.11 bits per heavy atom. The van der Waals surface area contributed by atoms with Gasteiger partial charge in [-0.2, -0.15) is 0 Å². The summed E-state index contributed by atoms with van der Waals surface area (Å²) in [5.41, 5.74) is 0.453. The third-order valence-electron chi connectivity index (χ3n) is 4.99. The van der Waals surface area contributed by atoms with Crippen molar-refractivity contribution in [3.63, 3.8) is 0 Å². The quantitative estimate of drug-likeness (QED) is 0.657. The van der Waals surface area contributed by atoms with Crippen molar-refractivity contribution in [2.24, 2.45) is 16.2 Å². The van der Waals surface area contributed by atoms with Crippen LogP contribution in [0.1, 0.15) is 61.8 Å². The molecule has 1 aliphatic carbocycles. The van der Waals surface area contributed by atoms with Crippen molar-refractivity contribution < 1.29 is 9.53 Å². The number of ketones is 1. The van der Waals surface area contributed by atoms with Crippen molar-refractivity contribution in [3.05, 3.63) is 11.6 Å². The highest BCUT2D eigenvalue weighted by molar-refractivity contribution is 6.00. The van der Waals surface area contributed by atoms with Crippen molar-refractivity contribution in [1.29, 1.82) is 0 Å². The van der Waals surface area contributed by atoms with Crippen molar-refractivity contribution in [2.75, 3.05) is 0 Å². The number of hydrogen-bond acceptors (Lipinski definition) is 2. The average Bonchev–Trinajstić information content (AvgIpc) is 2.20. The summed E-state index contributed by atoms with van der Waals surface area (Å²) in [6, 6.07) is 0. The van der Waals surface area contributed by atoms with Crippen LogP contribution in [0.5, 0.6) is 0 Å². The van der Waals surface area contributed by atoms with E-state index in [1.165, 1.54) is 0 Å². The first kappa shape index (κ1) is 14.8. The maximum absolute atomic E-state index is 12.2. The summed E-state index contributed by atoms with van der Waals surface area (Å²) >= 11 is 0. The Labute approximate surface area is 117 Å². The normalized spacial score (nSPS) is 36.9. The van der Waals surface area contributed by atoms with E-state index in [1.807, 2.05) is 20.8 Å². The van der Waals surface area contributed by atoms with Crippen LogP contribution in [0.15, 0.2) is 11.6 Å². The smallest absolute Gasteiger partial charge is 0.164 e. The van der Waals surface area contributed by atoms with Gasteiger partial charge in [0.15, 0.2) is 5.78 Å². The van der Waals surface area contributed by atoms with Crippen molar-refractivity contribution in [3.8, 4) is 0 Å². The molecule has 1 heterocycles. The fraction of sp³-hybridized carbons (Fsp3) is 0.824. The van der Waals surface area contributed by atoms with E-state index in [9.17, 15) is 4.79 Å². The summed E-state index contributed by atoms with van der Waals surface area (Å²) < 4.78 is 6.37. The van der Waals surface area contributed by atoms with E-state index in [1.54, 1.807) is 0 Å². The lowest BCUT2D eigenvalue weighted by Gasteiger charge is -2.66. The van der Waals surface area contributed by atoms with Gasteiger partial charge in [0.05, 0.1) is 11.7 Å². The second-order valence-corrected chi connectivity index (χ2v) is 8.69. The van der Waals surface area contributed by atoms with Gasteiger partial charge in [0.1, 0.15) is 0 Å². The zero-order chi connectivity index (χ0) is 14.9. The number of hydrogen-bond donors (Lipinski definition) is 0. The molecule has 108 valence electrons. The van der Waals surface area contributed by atoms with Gasteiger partial charge in [0, 0.05) is 10.8 Å². The van der Waals surface area contributed by atoms with Crippen LogP contribution in [0.4, 0.5) is 0 Å². The molecule has 19 heavy (non-hydrogen) atoms. The molecule has 0 unspecified atom stereocenters. The molecule has 0 aromatic rings. The van der Waals surface area contributed by atoms with Crippen LogP contribution in [0.2, 0.25) is 0 Å². The SMILES string of the molecule is CC1=C[C@@]2(CC(C)(C)C1=O)O[C@H](C(C)(C)C)C2(C)C. The van der Waals surface area contributed by atoms with Crippen LogP contribution < -0.4 is 0 Å². The van der Waals surface area contributed by atoms with Gasteiger partial charge in [-0.15, -0.1) is 0 Å². The molecule has 0 aromatic carbocycles. The molecular formula is C17H28O2. The lowest BCUT2D eigenvalue weighted by molar-refractivity contribution is -0.322. The Bertz CT molecular complexity index is 448. The number of carbonyl (C=O) groups excluding carboxylic acids is 1. The van der Waals surface area contributed by atoms with Crippen LogP contribution in [-0.2, 0) is 9.53 Å². The minimum Gasteiger partial charge on any atom is -0.366 e. The first-order chi connectivity index (χ1) is 8.33. The molecule has 0 amide bonds. The third-order valence-corrected chi connectivity index (χ3v) is 4.99. The highest BCUT2D eigenvalue weighted by Gasteiger charge is 2.66. The molecule has 0 aromatic heterocycles. The predicted molar refractivity (Wildman–Crippen MR) is 78.0 cm³/mol. The topological polar surface area (TPSA) is 26.3 Å². The van der Waals surface area contributed by atoms with Gasteiger partial charge in [-0.1, -0.05) is 48.5 Å². The third kappa shape index (κ3) is 1.91. The van der Waals surface area contributed by atoms with Crippen molar-refractivity contribution >= 4 is 5.78 Å². The van der Waals surface area contributed by atoms with Crippen LogP contribution in [0.3, 0.4) is 0 Å². The molecule has 0 saturated carbocycles. The summed E-state index contributed by atoms with van der Waals surface area (Å²) in [5, 5.41) is 0. The van der Waals surface area contributed by atoms with E-state index < -0.39 is 0 Å². The highest BCUT2D eigenvalue weighted by atomic mass is 16.5. The molecule has 2 rings (SSSR count). The number of rotatable bonds is 0. The molecule has 2 heteroatoms. The van der Waals surface area contributed by atoms with E-state index in [4.69, 9.17) is 4.74 Å². The summed E-state index contributed by atoms with van der Waals surface area (Å²) in [6.07, 6.45) is 3.10. The van der Waals surface area contributed by atoms with Gasteiger partial charge < -0.3 is 4.74 Å². The summed E-state index contributed by atoms with van der Waals surface area (Å²) in [7, 11) is 0. The van der Waals surface area contributed by atoms with Crippen molar-refractivity contribution in [1.82, 2.24) is 0 Å². The summed E-state index contributed by atoms with van der Waals surface area (Å²) in [6.45, 7) is 17.2. The predicted octanol–water partition coefficient (Wildman–Crippen LogP) is 4.14. The lowest BCUT2D eigenvalue weighted by Crippen LogP contribution is -2.71. The Morgan fingerprint density at radius 2 is 1.74 bits per heavy atom. The molecule has 0 N–H and O–H groups in total. The van der Waals surface area contributed by atoms with E-state index in [-0.39, 0.29) is 33.7 Å². The summed E-state index contributed by atoms with van der Waals surface area (Å²) in [5.74, 6) is 0.261. The van der Waals surface area contributed by atoms with E-state index in [0.29, 0.717) is 0 Å². The van der Waals surface area contributed by atoms with Gasteiger partial charge in [-0.25, -0.2) is 0 Å². The largest absolute Gasteiger partial charge is 0.366 e. The molecule has 1 aliphatic heterocycles. The molecule has 0 radical (unpaired) electrons. The first-order valence-corrected chi connectivity index (χ1v) is 7.26. The molecular weight excluding hydrogens is 236 g/mol. The minimum atomic E-state index is -0.320. The highest BCUT2D eigenvalue weighted by Crippen LogP contribution is 2.61. The van der Waals surface area contributed by atoms with Crippen molar-refractivity contribution in [2.45, 2.75) is 73.5 Å². The van der Waals surface area contributed by atoms with Gasteiger partial charge in [-0.3, -0.25) is 4.79 Å². The average molecular weight is 264 g/mol. The monoisotopic (exact) mass is 264 g/mol. The Kier molecular flexibility index (Phi) is 2.89. The zero-order valence-electron chi connectivity index (χ0n) is 13.7. The molecule has 2 atom stereocenters. The van der Waals surface area contributed by atoms with E-state index in [0.717, 1.165) is 12.0 Å². The van der Waals surface area contributed by atoms with Gasteiger partial charge in [-0.05, 0) is 30.4 Å². The second-order valence-electron chi connectivity index (χ2n) is 8.69. The number of allylic oxidation sites excluding steroid dienone is 1. The molecule has 1 spiro atoms. The number of ether oxygens (including phenoxy) is 1. The van der Waals surface area contributed by atoms with Crippen LogP contribution in [-0.4, -0.2) is 17.5 Å². The molecule has 1 fully saturated rings.